The van der Waals surface area contributed by atoms with Gasteiger partial charge in [-0.25, -0.2) is 0 Å². The van der Waals surface area contributed by atoms with Crippen molar-refractivity contribution in [3.63, 3.8) is 0 Å². The Hall–Kier alpha value is 0.0900. The zero-order valence-corrected chi connectivity index (χ0v) is 12.1. The summed E-state index contributed by atoms with van der Waals surface area (Å²) in [5, 5.41) is 0. The van der Waals surface area contributed by atoms with Gasteiger partial charge in [0.05, 0.1) is 0 Å². The summed E-state index contributed by atoms with van der Waals surface area (Å²) < 4.78 is 0.271. The summed E-state index contributed by atoms with van der Waals surface area (Å²) in [6, 6.07) is 0. The molecule has 0 nitrogen and oxygen atoms in total. The second-order valence-corrected chi connectivity index (χ2v) is 7.56. The molecule has 1 saturated carbocycles. The van der Waals surface area contributed by atoms with Gasteiger partial charge in [0.1, 0.15) is 0 Å². The summed E-state index contributed by atoms with van der Waals surface area (Å²) in [4.78, 5) is 0. The van der Waals surface area contributed by atoms with Crippen LogP contribution >= 0.6 is 12.6 Å². The van der Waals surface area contributed by atoms with E-state index in [1.807, 2.05) is 0 Å². The van der Waals surface area contributed by atoms with E-state index in [4.69, 9.17) is 12.6 Å². The lowest BCUT2D eigenvalue weighted by Gasteiger charge is -2.50. The Morgan fingerprint density at radius 2 is 2.06 bits per heavy atom. The van der Waals surface area contributed by atoms with E-state index >= 15 is 0 Å². The molecule has 0 aliphatic heterocycles. The fourth-order valence-corrected chi connectivity index (χ4v) is 4.30. The van der Waals surface area contributed by atoms with Gasteiger partial charge in [-0.1, -0.05) is 32.4 Å². The average molecular weight is 238 g/mol. The summed E-state index contributed by atoms with van der Waals surface area (Å²) in [6.45, 7) is 9.44. The maximum absolute atomic E-state index is 4.95. The molecule has 0 radical (unpaired) electrons. The van der Waals surface area contributed by atoms with Crippen LogP contribution in [-0.2, 0) is 0 Å². The molecule has 2 aliphatic carbocycles. The quantitative estimate of drug-likeness (QED) is 0.496. The fraction of sp³-hybridized carbons (Fsp3) is 0.867. The Morgan fingerprint density at radius 3 is 2.69 bits per heavy atom. The van der Waals surface area contributed by atoms with Gasteiger partial charge in [-0.2, -0.15) is 12.6 Å². The number of hydrogen-bond donors (Lipinski definition) is 1. The third kappa shape index (κ3) is 2.20. The standard InChI is InChI=1S/C15H26S/c1-10(2)12-7-8-15(4,16)14-6-5-11(3)9-13(12)14/h9-10,12-14,16H,5-8H2,1-4H3/t12-,13-,14+,15-/m0/s1. The lowest BCUT2D eigenvalue weighted by Crippen LogP contribution is -2.45. The summed E-state index contributed by atoms with van der Waals surface area (Å²) in [5.41, 5.74) is 1.61. The number of allylic oxidation sites excluding steroid dienone is 2. The predicted molar refractivity (Wildman–Crippen MR) is 74.9 cm³/mol. The van der Waals surface area contributed by atoms with Gasteiger partial charge in [-0.3, -0.25) is 0 Å². The SMILES string of the molecule is CC1=C[C@@H]2[C@@H](CC1)[C@@](C)(S)CC[C@H]2C(C)C. The van der Waals surface area contributed by atoms with Crippen molar-refractivity contribution in [2.24, 2.45) is 23.7 Å². The van der Waals surface area contributed by atoms with Gasteiger partial charge in [0.25, 0.3) is 0 Å². The van der Waals surface area contributed by atoms with Crippen LogP contribution in [0.3, 0.4) is 0 Å². The summed E-state index contributed by atoms with van der Waals surface area (Å²) >= 11 is 4.95. The van der Waals surface area contributed by atoms with Crippen molar-refractivity contribution in [3.8, 4) is 0 Å². The Labute approximate surface area is 106 Å². The van der Waals surface area contributed by atoms with E-state index in [0.29, 0.717) is 0 Å². The monoisotopic (exact) mass is 238 g/mol. The molecule has 16 heavy (non-hydrogen) atoms. The molecule has 0 spiro atoms. The van der Waals surface area contributed by atoms with Crippen molar-refractivity contribution >= 4 is 12.6 Å². The minimum absolute atomic E-state index is 0.271. The topological polar surface area (TPSA) is 0 Å². The Bertz CT molecular complexity index is 288. The number of rotatable bonds is 1. The molecule has 1 fully saturated rings. The average Bonchev–Trinajstić information content (AvgIpc) is 2.16. The lowest BCUT2D eigenvalue weighted by atomic mass is 9.60. The summed E-state index contributed by atoms with van der Waals surface area (Å²) in [5.74, 6) is 3.31. The molecule has 2 rings (SSSR count). The van der Waals surface area contributed by atoms with Gasteiger partial charge in [0.2, 0.25) is 0 Å². The van der Waals surface area contributed by atoms with Gasteiger partial charge in [0, 0.05) is 4.75 Å². The predicted octanol–water partition coefficient (Wildman–Crippen LogP) is 4.71. The molecule has 0 aromatic carbocycles. The molecular formula is C15H26S. The number of thiol groups is 1. The molecule has 2 aliphatic rings. The van der Waals surface area contributed by atoms with E-state index in [9.17, 15) is 0 Å². The third-order valence-electron chi connectivity index (χ3n) is 4.92. The van der Waals surface area contributed by atoms with Crippen molar-refractivity contribution in [2.45, 2.75) is 58.1 Å². The zero-order chi connectivity index (χ0) is 11.9. The minimum atomic E-state index is 0.271. The van der Waals surface area contributed by atoms with E-state index in [1.54, 1.807) is 5.57 Å². The van der Waals surface area contributed by atoms with Crippen LogP contribution in [0.25, 0.3) is 0 Å². The van der Waals surface area contributed by atoms with Gasteiger partial charge in [-0.15, -0.1) is 0 Å². The Morgan fingerprint density at radius 1 is 1.38 bits per heavy atom. The van der Waals surface area contributed by atoms with Gasteiger partial charge in [-0.05, 0) is 56.3 Å². The van der Waals surface area contributed by atoms with Crippen LogP contribution in [0.15, 0.2) is 11.6 Å². The molecule has 1 heteroatoms. The van der Waals surface area contributed by atoms with Crippen LogP contribution in [-0.4, -0.2) is 4.75 Å². The molecule has 0 unspecified atom stereocenters. The Kier molecular flexibility index (Phi) is 3.45. The van der Waals surface area contributed by atoms with Crippen molar-refractivity contribution in [1.29, 1.82) is 0 Å². The van der Waals surface area contributed by atoms with Crippen molar-refractivity contribution in [1.82, 2.24) is 0 Å². The van der Waals surface area contributed by atoms with Crippen molar-refractivity contribution in [3.05, 3.63) is 11.6 Å². The first kappa shape index (κ1) is 12.5. The zero-order valence-electron chi connectivity index (χ0n) is 11.2. The fourth-order valence-electron chi connectivity index (χ4n) is 3.87. The van der Waals surface area contributed by atoms with E-state index in [2.05, 4.69) is 33.8 Å². The van der Waals surface area contributed by atoms with Crippen LogP contribution in [0.2, 0.25) is 0 Å². The molecule has 0 bridgehead atoms. The van der Waals surface area contributed by atoms with Crippen LogP contribution in [0.4, 0.5) is 0 Å². The van der Waals surface area contributed by atoms with Gasteiger partial charge >= 0.3 is 0 Å². The smallest absolute Gasteiger partial charge is 0.0135 e. The second-order valence-electron chi connectivity index (χ2n) is 6.54. The maximum atomic E-state index is 4.95. The largest absolute Gasteiger partial charge is 0.172 e. The highest BCUT2D eigenvalue weighted by molar-refractivity contribution is 7.81. The first-order valence-electron chi connectivity index (χ1n) is 6.81. The van der Waals surface area contributed by atoms with E-state index in [1.165, 1.54) is 25.7 Å². The number of hydrogen-bond acceptors (Lipinski definition) is 1. The normalized spacial score (nSPS) is 44.1. The van der Waals surface area contributed by atoms with E-state index < -0.39 is 0 Å². The van der Waals surface area contributed by atoms with Crippen LogP contribution in [0.5, 0.6) is 0 Å². The lowest BCUT2D eigenvalue weighted by molar-refractivity contribution is 0.107. The van der Waals surface area contributed by atoms with Gasteiger partial charge in [0.15, 0.2) is 0 Å². The molecular weight excluding hydrogens is 212 g/mol. The third-order valence-corrected chi connectivity index (χ3v) is 5.48. The summed E-state index contributed by atoms with van der Waals surface area (Å²) in [6.07, 6.45) is 7.89. The van der Waals surface area contributed by atoms with Gasteiger partial charge < -0.3 is 0 Å². The molecule has 0 amide bonds. The van der Waals surface area contributed by atoms with Crippen LogP contribution in [0.1, 0.15) is 53.4 Å². The maximum Gasteiger partial charge on any atom is 0.0135 e. The highest BCUT2D eigenvalue weighted by Crippen LogP contribution is 2.52. The molecule has 0 saturated heterocycles. The first-order valence-corrected chi connectivity index (χ1v) is 7.26. The van der Waals surface area contributed by atoms with E-state index in [-0.39, 0.29) is 4.75 Å². The molecule has 0 aromatic heterocycles. The van der Waals surface area contributed by atoms with E-state index in [0.717, 1.165) is 23.7 Å². The minimum Gasteiger partial charge on any atom is -0.172 e. The Balaban J connectivity index is 2.27. The number of fused-ring (bicyclic) bond motifs is 1. The molecule has 0 heterocycles. The first-order chi connectivity index (χ1) is 7.42. The molecule has 0 aromatic rings. The van der Waals surface area contributed by atoms with Crippen LogP contribution in [0, 0.1) is 23.7 Å². The van der Waals surface area contributed by atoms with Crippen LogP contribution < -0.4 is 0 Å². The second kappa shape index (κ2) is 4.40. The highest BCUT2D eigenvalue weighted by Gasteiger charge is 2.45. The molecule has 92 valence electrons. The van der Waals surface area contributed by atoms with Crippen molar-refractivity contribution < 1.29 is 0 Å². The molecule has 4 atom stereocenters. The highest BCUT2D eigenvalue weighted by atomic mass is 32.1. The molecule has 0 N–H and O–H groups in total. The summed E-state index contributed by atoms with van der Waals surface area (Å²) in [7, 11) is 0. The van der Waals surface area contributed by atoms with Crippen molar-refractivity contribution in [2.75, 3.05) is 0 Å².